The van der Waals surface area contributed by atoms with Crippen molar-refractivity contribution in [1.29, 1.82) is 0 Å². The second-order valence-electron chi connectivity index (χ2n) is 5.24. The molecule has 0 aliphatic carbocycles. The Morgan fingerprint density at radius 1 is 1.52 bits per heavy atom. The number of nitrogens with one attached hydrogen (secondary N) is 1. The summed E-state index contributed by atoms with van der Waals surface area (Å²) in [6.45, 7) is 7.72. The number of aromatic nitrogens is 1. The van der Waals surface area contributed by atoms with Gasteiger partial charge < -0.3 is 10.1 Å². The number of carbonyl (C=O) groups is 1. The molecule has 1 atom stereocenters. The first-order chi connectivity index (χ1) is 9.88. The van der Waals surface area contributed by atoms with Gasteiger partial charge in [-0.1, -0.05) is 24.4 Å². The van der Waals surface area contributed by atoms with Crippen LogP contribution in [-0.4, -0.2) is 23.0 Å². The Morgan fingerprint density at radius 3 is 2.81 bits per heavy atom. The first-order valence-electron chi connectivity index (χ1n) is 6.87. The van der Waals surface area contributed by atoms with E-state index in [-0.39, 0.29) is 18.4 Å². The molecule has 0 aliphatic heterocycles. The molecule has 0 spiro atoms. The Balaban J connectivity index is 2.61. The monoisotopic (exact) mass is 308 g/mol. The number of amides is 1. The molecule has 1 heterocycles. The van der Waals surface area contributed by atoms with Crippen molar-refractivity contribution in [2.75, 3.05) is 6.61 Å². The molecule has 1 unspecified atom stereocenters. The lowest BCUT2D eigenvalue weighted by Crippen LogP contribution is -2.46. The number of nitrogens with zero attached hydrogens (tertiary/aromatic N) is 1. The van der Waals surface area contributed by atoms with Gasteiger partial charge in [-0.15, -0.1) is 5.92 Å². The van der Waals surface area contributed by atoms with E-state index in [0.29, 0.717) is 17.2 Å². The highest BCUT2D eigenvalue weighted by Gasteiger charge is 2.23. The predicted octanol–water partition coefficient (Wildman–Crippen LogP) is 3.06. The van der Waals surface area contributed by atoms with Gasteiger partial charge >= 0.3 is 0 Å². The van der Waals surface area contributed by atoms with Crippen molar-refractivity contribution in [3.63, 3.8) is 0 Å². The van der Waals surface area contributed by atoms with Crippen molar-refractivity contribution in [3.8, 4) is 17.6 Å². The molecule has 114 valence electrons. The van der Waals surface area contributed by atoms with Gasteiger partial charge in [0.15, 0.2) is 0 Å². The molecular formula is C16H21ClN2O2. The van der Waals surface area contributed by atoms with Crippen molar-refractivity contribution >= 4 is 17.5 Å². The van der Waals surface area contributed by atoms with E-state index in [1.807, 2.05) is 20.8 Å². The molecular weight excluding hydrogens is 288 g/mol. The molecule has 4 nitrogen and oxygen atoms in total. The van der Waals surface area contributed by atoms with E-state index < -0.39 is 5.54 Å². The zero-order valence-electron chi connectivity index (χ0n) is 12.9. The van der Waals surface area contributed by atoms with Gasteiger partial charge in [-0.3, -0.25) is 9.78 Å². The fraction of sp³-hybridized carbons (Fsp3) is 0.500. The third-order valence-corrected chi connectivity index (χ3v) is 3.07. The van der Waals surface area contributed by atoms with Crippen molar-refractivity contribution in [2.24, 2.45) is 5.92 Å². The highest BCUT2D eigenvalue weighted by Crippen LogP contribution is 2.17. The molecule has 1 N–H and O–H groups in total. The van der Waals surface area contributed by atoms with Crippen molar-refractivity contribution in [2.45, 2.75) is 39.7 Å². The molecule has 0 aliphatic rings. The van der Waals surface area contributed by atoms with E-state index in [2.05, 4.69) is 22.1 Å². The minimum Gasteiger partial charge on any atom is -0.491 e. The van der Waals surface area contributed by atoms with E-state index in [4.69, 9.17) is 16.3 Å². The summed E-state index contributed by atoms with van der Waals surface area (Å²) in [5.41, 5.74) is -0.545. The van der Waals surface area contributed by atoms with E-state index in [0.717, 1.165) is 0 Å². The molecule has 0 radical (unpaired) electrons. The van der Waals surface area contributed by atoms with E-state index in [1.54, 1.807) is 19.2 Å². The van der Waals surface area contributed by atoms with Gasteiger partial charge in [-0.25, -0.2) is 0 Å². The van der Waals surface area contributed by atoms with Crippen molar-refractivity contribution in [1.82, 2.24) is 10.3 Å². The van der Waals surface area contributed by atoms with Gasteiger partial charge in [0.2, 0.25) is 5.91 Å². The predicted molar refractivity (Wildman–Crippen MR) is 84.2 cm³/mol. The molecule has 0 aromatic carbocycles. The summed E-state index contributed by atoms with van der Waals surface area (Å²) in [4.78, 5) is 16.2. The van der Waals surface area contributed by atoms with Crippen LogP contribution in [0.3, 0.4) is 0 Å². The van der Waals surface area contributed by atoms with Gasteiger partial charge in [-0.05, 0) is 27.2 Å². The normalized spacial score (nSPS) is 12.0. The molecule has 1 aromatic heterocycles. The van der Waals surface area contributed by atoms with Crippen LogP contribution in [0.4, 0.5) is 0 Å². The van der Waals surface area contributed by atoms with Crippen LogP contribution in [0, 0.1) is 17.8 Å². The zero-order valence-corrected chi connectivity index (χ0v) is 13.6. The molecule has 0 saturated carbocycles. The summed E-state index contributed by atoms with van der Waals surface area (Å²) in [5.74, 6) is 6.02. The molecule has 21 heavy (non-hydrogen) atoms. The largest absolute Gasteiger partial charge is 0.491 e. The first-order valence-corrected chi connectivity index (χ1v) is 7.25. The first kappa shape index (κ1) is 17.3. The molecule has 1 aromatic rings. The molecule has 0 bridgehead atoms. The fourth-order valence-electron chi connectivity index (χ4n) is 1.80. The van der Waals surface area contributed by atoms with Gasteiger partial charge in [0.25, 0.3) is 0 Å². The van der Waals surface area contributed by atoms with Gasteiger partial charge in [-0.2, -0.15) is 0 Å². The smallest absolute Gasteiger partial charge is 0.227 e. The maximum absolute atomic E-state index is 12.3. The number of carbonyl (C=O) groups excluding carboxylic acids is 1. The summed E-state index contributed by atoms with van der Waals surface area (Å²) in [7, 11) is 0. The number of rotatable bonds is 6. The SMILES string of the molecule is CC#CC(C)(C)NC(=O)C(CC)COc1cncc(Cl)c1. The van der Waals surface area contributed by atoms with Gasteiger partial charge in [0.1, 0.15) is 5.75 Å². The Morgan fingerprint density at radius 2 is 2.24 bits per heavy atom. The average Bonchev–Trinajstić information content (AvgIpc) is 2.38. The van der Waals surface area contributed by atoms with E-state index in [1.165, 1.54) is 6.20 Å². The Labute approximate surface area is 131 Å². The number of halogens is 1. The Hall–Kier alpha value is -1.73. The van der Waals surface area contributed by atoms with Crippen LogP contribution >= 0.6 is 11.6 Å². The molecule has 0 saturated heterocycles. The Kier molecular flexibility index (Phi) is 6.51. The minimum absolute atomic E-state index is 0.0692. The standard InChI is InChI=1S/C16H21ClN2O2/c1-5-7-16(3,4)19-15(20)12(6-2)11-21-14-8-13(17)9-18-10-14/h8-10,12H,6,11H2,1-4H3,(H,19,20). The second-order valence-corrected chi connectivity index (χ2v) is 5.68. The lowest BCUT2D eigenvalue weighted by Gasteiger charge is -2.23. The number of ether oxygens (including phenoxy) is 1. The maximum Gasteiger partial charge on any atom is 0.227 e. The molecule has 1 amide bonds. The van der Waals surface area contributed by atoms with Crippen LogP contribution in [0.5, 0.6) is 5.75 Å². The summed E-state index contributed by atoms with van der Waals surface area (Å²) < 4.78 is 5.59. The fourth-order valence-corrected chi connectivity index (χ4v) is 1.96. The van der Waals surface area contributed by atoms with Crippen LogP contribution in [0.1, 0.15) is 34.1 Å². The van der Waals surface area contributed by atoms with Crippen LogP contribution in [0.2, 0.25) is 5.02 Å². The minimum atomic E-state index is -0.545. The summed E-state index contributed by atoms with van der Waals surface area (Å²) >= 11 is 5.84. The Bertz CT molecular complexity index is 547. The quantitative estimate of drug-likeness (QED) is 0.822. The molecule has 5 heteroatoms. The van der Waals surface area contributed by atoms with Crippen LogP contribution in [0.15, 0.2) is 18.5 Å². The number of pyridine rings is 1. The lowest BCUT2D eigenvalue weighted by atomic mass is 10.0. The summed E-state index contributed by atoms with van der Waals surface area (Å²) in [6.07, 6.45) is 3.78. The number of hydrogen-bond acceptors (Lipinski definition) is 3. The van der Waals surface area contributed by atoms with E-state index in [9.17, 15) is 4.79 Å². The topological polar surface area (TPSA) is 51.2 Å². The summed E-state index contributed by atoms with van der Waals surface area (Å²) in [5, 5.41) is 3.43. The molecule has 1 rings (SSSR count). The van der Waals surface area contributed by atoms with Crippen LogP contribution in [-0.2, 0) is 4.79 Å². The average molecular weight is 309 g/mol. The third kappa shape index (κ3) is 6.05. The van der Waals surface area contributed by atoms with Crippen LogP contribution < -0.4 is 10.1 Å². The highest BCUT2D eigenvalue weighted by molar-refractivity contribution is 6.30. The van der Waals surface area contributed by atoms with E-state index >= 15 is 0 Å². The third-order valence-electron chi connectivity index (χ3n) is 2.87. The van der Waals surface area contributed by atoms with Crippen LogP contribution in [0.25, 0.3) is 0 Å². The lowest BCUT2D eigenvalue weighted by molar-refractivity contribution is -0.127. The summed E-state index contributed by atoms with van der Waals surface area (Å²) in [6, 6.07) is 1.67. The van der Waals surface area contributed by atoms with Gasteiger partial charge in [0, 0.05) is 12.3 Å². The number of hydrogen-bond donors (Lipinski definition) is 1. The van der Waals surface area contributed by atoms with Crippen molar-refractivity contribution in [3.05, 3.63) is 23.5 Å². The second kappa shape index (κ2) is 7.90. The zero-order chi connectivity index (χ0) is 15.9. The van der Waals surface area contributed by atoms with Crippen molar-refractivity contribution < 1.29 is 9.53 Å². The molecule has 0 fully saturated rings. The maximum atomic E-state index is 12.3. The van der Waals surface area contributed by atoms with Gasteiger partial charge in [0.05, 0.1) is 29.3 Å². The highest BCUT2D eigenvalue weighted by atomic mass is 35.5.